The maximum absolute atomic E-state index is 12.0. The van der Waals surface area contributed by atoms with Gasteiger partial charge in [-0.05, 0) is 44.1 Å². The lowest BCUT2D eigenvalue weighted by Crippen LogP contribution is -2.49. The van der Waals surface area contributed by atoms with Crippen molar-refractivity contribution in [2.45, 2.75) is 50.7 Å². The summed E-state index contributed by atoms with van der Waals surface area (Å²) in [6.07, 6.45) is 10.6. The van der Waals surface area contributed by atoms with Crippen molar-refractivity contribution in [2.75, 3.05) is 13.2 Å². The van der Waals surface area contributed by atoms with Crippen LogP contribution in [0.1, 0.15) is 37.7 Å². The molecule has 0 spiro atoms. The van der Waals surface area contributed by atoms with Crippen molar-refractivity contribution in [1.82, 2.24) is 20.4 Å². The number of hydrogen-bond acceptors (Lipinski definition) is 3. The first-order chi connectivity index (χ1) is 10.7. The van der Waals surface area contributed by atoms with Gasteiger partial charge in [0.1, 0.15) is 0 Å². The molecule has 122 valence electrons. The standard InChI is InChI=1S/C16H26N4O2/c1-20-11-12(10-18-20)4-3-8-17-16(21)19-14-5-2-6-15-13(14)7-9-22-15/h10-11,13-15H,2-9H2,1H3,(H2,17,19,21)/t13-,14+,15-/m0/s1. The molecule has 22 heavy (non-hydrogen) atoms. The number of hydrogen-bond donors (Lipinski definition) is 2. The molecule has 0 bridgehead atoms. The van der Waals surface area contributed by atoms with Gasteiger partial charge in [-0.25, -0.2) is 4.79 Å². The monoisotopic (exact) mass is 306 g/mol. The normalized spacial score (nSPS) is 27.4. The molecule has 0 unspecified atom stereocenters. The van der Waals surface area contributed by atoms with Crippen molar-refractivity contribution in [3.8, 4) is 0 Å². The zero-order valence-electron chi connectivity index (χ0n) is 13.3. The van der Waals surface area contributed by atoms with Gasteiger partial charge in [0.05, 0.1) is 12.3 Å². The Kier molecular flexibility index (Phi) is 4.97. The number of urea groups is 1. The first kappa shape index (κ1) is 15.3. The molecular formula is C16H26N4O2. The molecule has 3 rings (SSSR count). The molecule has 1 aliphatic heterocycles. The molecule has 0 aromatic carbocycles. The van der Waals surface area contributed by atoms with E-state index < -0.39 is 0 Å². The first-order valence-corrected chi connectivity index (χ1v) is 8.36. The van der Waals surface area contributed by atoms with Gasteiger partial charge >= 0.3 is 6.03 Å². The Morgan fingerprint density at radius 2 is 2.36 bits per heavy atom. The van der Waals surface area contributed by atoms with Crippen molar-refractivity contribution in [1.29, 1.82) is 0 Å². The predicted molar refractivity (Wildman–Crippen MR) is 83.5 cm³/mol. The van der Waals surface area contributed by atoms with Crippen LogP contribution in [0.5, 0.6) is 0 Å². The Balaban J connectivity index is 1.35. The fraction of sp³-hybridized carbons (Fsp3) is 0.750. The molecule has 1 saturated heterocycles. The van der Waals surface area contributed by atoms with Crippen LogP contribution in [0.3, 0.4) is 0 Å². The molecule has 2 fully saturated rings. The number of aryl methyl sites for hydroxylation is 2. The Hall–Kier alpha value is -1.56. The van der Waals surface area contributed by atoms with Gasteiger partial charge in [-0.3, -0.25) is 4.68 Å². The van der Waals surface area contributed by atoms with E-state index in [9.17, 15) is 4.79 Å². The van der Waals surface area contributed by atoms with E-state index in [0.717, 1.165) is 45.1 Å². The molecule has 6 heteroatoms. The maximum Gasteiger partial charge on any atom is 0.315 e. The Morgan fingerprint density at radius 1 is 1.45 bits per heavy atom. The molecule has 1 aromatic heterocycles. The Bertz CT molecular complexity index is 502. The number of carbonyl (C=O) groups excluding carboxylic acids is 1. The van der Waals surface area contributed by atoms with Gasteiger partial charge in [-0.15, -0.1) is 0 Å². The molecule has 1 saturated carbocycles. The van der Waals surface area contributed by atoms with Gasteiger partial charge in [-0.2, -0.15) is 5.10 Å². The third-order valence-electron chi connectivity index (χ3n) is 4.78. The smallest absolute Gasteiger partial charge is 0.315 e. The van der Waals surface area contributed by atoms with Crippen LogP contribution in [-0.2, 0) is 18.2 Å². The highest BCUT2D eigenvalue weighted by atomic mass is 16.5. The lowest BCUT2D eigenvalue weighted by molar-refractivity contribution is 0.0549. The molecule has 2 amide bonds. The summed E-state index contributed by atoms with van der Waals surface area (Å²) >= 11 is 0. The van der Waals surface area contributed by atoms with Crippen LogP contribution in [0.2, 0.25) is 0 Å². The third kappa shape index (κ3) is 3.80. The Morgan fingerprint density at radius 3 is 3.18 bits per heavy atom. The summed E-state index contributed by atoms with van der Waals surface area (Å²) in [4.78, 5) is 12.0. The second kappa shape index (κ2) is 7.13. The van der Waals surface area contributed by atoms with Gasteiger partial charge in [0.2, 0.25) is 0 Å². The number of fused-ring (bicyclic) bond motifs is 1. The molecule has 6 nitrogen and oxygen atoms in total. The summed E-state index contributed by atoms with van der Waals surface area (Å²) in [7, 11) is 1.92. The highest BCUT2D eigenvalue weighted by Gasteiger charge is 2.38. The number of nitrogens with zero attached hydrogens (tertiary/aromatic N) is 2. The zero-order chi connectivity index (χ0) is 15.4. The van der Waals surface area contributed by atoms with E-state index in [-0.39, 0.29) is 12.1 Å². The van der Waals surface area contributed by atoms with Gasteiger partial charge < -0.3 is 15.4 Å². The molecule has 3 atom stereocenters. The quantitative estimate of drug-likeness (QED) is 0.812. The number of aromatic nitrogens is 2. The predicted octanol–water partition coefficient (Wildman–Crippen LogP) is 1.61. The van der Waals surface area contributed by atoms with E-state index >= 15 is 0 Å². The molecule has 0 radical (unpaired) electrons. The largest absolute Gasteiger partial charge is 0.378 e. The molecule has 1 aliphatic carbocycles. The van der Waals surface area contributed by atoms with Crippen molar-refractivity contribution in [3.63, 3.8) is 0 Å². The lowest BCUT2D eigenvalue weighted by Gasteiger charge is -2.33. The summed E-state index contributed by atoms with van der Waals surface area (Å²) in [6, 6.07) is 0.239. The van der Waals surface area contributed by atoms with Crippen molar-refractivity contribution < 1.29 is 9.53 Å². The van der Waals surface area contributed by atoms with Crippen LogP contribution >= 0.6 is 0 Å². The minimum absolute atomic E-state index is 0.0382. The van der Waals surface area contributed by atoms with E-state index in [2.05, 4.69) is 15.7 Å². The van der Waals surface area contributed by atoms with Crippen molar-refractivity contribution in [3.05, 3.63) is 18.0 Å². The van der Waals surface area contributed by atoms with Crippen LogP contribution in [0.25, 0.3) is 0 Å². The minimum atomic E-state index is -0.0382. The molecule has 2 N–H and O–H groups in total. The summed E-state index contributed by atoms with van der Waals surface area (Å²) < 4.78 is 7.54. The molecule has 2 aliphatic rings. The van der Waals surface area contributed by atoms with Crippen molar-refractivity contribution in [2.24, 2.45) is 13.0 Å². The first-order valence-electron chi connectivity index (χ1n) is 8.36. The number of ether oxygens (including phenoxy) is 1. The summed E-state index contributed by atoms with van der Waals surface area (Å²) in [5.74, 6) is 0.509. The van der Waals surface area contributed by atoms with Crippen LogP contribution in [0.4, 0.5) is 4.79 Å². The fourth-order valence-corrected chi connectivity index (χ4v) is 3.67. The maximum atomic E-state index is 12.0. The number of carbonyl (C=O) groups is 1. The topological polar surface area (TPSA) is 68.2 Å². The van der Waals surface area contributed by atoms with E-state index in [1.54, 1.807) is 4.68 Å². The minimum Gasteiger partial charge on any atom is -0.378 e. The fourth-order valence-electron chi connectivity index (χ4n) is 3.67. The molecule has 1 aromatic rings. The Labute approximate surface area is 131 Å². The second-order valence-corrected chi connectivity index (χ2v) is 6.43. The summed E-state index contributed by atoms with van der Waals surface area (Å²) in [6.45, 7) is 1.54. The van der Waals surface area contributed by atoms with E-state index in [1.807, 2.05) is 19.4 Å². The van der Waals surface area contributed by atoms with Crippen LogP contribution in [-0.4, -0.2) is 41.1 Å². The van der Waals surface area contributed by atoms with Crippen LogP contribution in [0, 0.1) is 5.92 Å². The zero-order valence-corrected chi connectivity index (χ0v) is 13.3. The SMILES string of the molecule is Cn1cc(CCCNC(=O)N[C@@H]2CCC[C@@H]3OCC[C@H]32)cn1. The highest BCUT2D eigenvalue weighted by Crippen LogP contribution is 2.34. The van der Waals surface area contributed by atoms with Gasteiger partial charge in [-0.1, -0.05) is 0 Å². The van der Waals surface area contributed by atoms with Gasteiger partial charge in [0.25, 0.3) is 0 Å². The average Bonchev–Trinajstić information content (AvgIpc) is 3.13. The third-order valence-corrected chi connectivity index (χ3v) is 4.78. The van der Waals surface area contributed by atoms with Gasteiger partial charge in [0.15, 0.2) is 0 Å². The van der Waals surface area contributed by atoms with Crippen LogP contribution in [0.15, 0.2) is 12.4 Å². The van der Waals surface area contributed by atoms with Crippen LogP contribution < -0.4 is 10.6 Å². The van der Waals surface area contributed by atoms with E-state index in [0.29, 0.717) is 18.6 Å². The summed E-state index contributed by atoms with van der Waals surface area (Å²) in [5, 5.41) is 10.3. The summed E-state index contributed by atoms with van der Waals surface area (Å²) in [5.41, 5.74) is 1.21. The number of rotatable bonds is 5. The molecular weight excluding hydrogens is 280 g/mol. The van der Waals surface area contributed by atoms with Gasteiger partial charge in [0, 0.05) is 38.4 Å². The average molecular weight is 306 g/mol. The van der Waals surface area contributed by atoms with E-state index in [4.69, 9.17) is 4.74 Å². The van der Waals surface area contributed by atoms with Crippen molar-refractivity contribution >= 4 is 6.03 Å². The number of nitrogens with one attached hydrogen (secondary N) is 2. The highest BCUT2D eigenvalue weighted by molar-refractivity contribution is 5.74. The molecule has 2 heterocycles. The van der Waals surface area contributed by atoms with E-state index in [1.165, 1.54) is 5.56 Å². The second-order valence-electron chi connectivity index (χ2n) is 6.43. The number of amides is 2. The lowest BCUT2D eigenvalue weighted by atomic mass is 9.82.